The van der Waals surface area contributed by atoms with Crippen LogP contribution >= 0.6 is 0 Å². The van der Waals surface area contributed by atoms with Crippen molar-refractivity contribution in [1.29, 1.82) is 0 Å². The summed E-state index contributed by atoms with van der Waals surface area (Å²) in [5.74, 6) is -1.44. The van der Waals surface area contributed by atoms with Crippen molar-refractivity contribution in [2.75, 3.05) is 0 Å². The Kier molecular flexibility index (Phi) is 5.08. The number of hydrogen-bond acceptors (Lipinski definition) is 2. The molecule has 0 aliphatic rings. The van der Waals surface area contributed by atoms with E-state index in [9.17, 15) is 9.59 Å². The van der Waals surface area contributed by atoms with Gasteiger partial charge in [-0.25, -0.2) is 4.79 Å². The zero-order chi connectivity index (χ0) is 15.3. The topological polar surface area (TPSA) is 66.4 Å². The van der Waals surface area contributed by atoms with Gasteiger partial charge in [-0.2, -0.15) is 0 Å². The van der Waals surface area contributed by atoms with Crippen LogP contribution in [0.1, 0.15) is 31.9 Å². The fraction of sp³-hybridized carbons (Fsp3) is 0.375. The molecular weight excluding hydrogens is 254 g/mol. The molecule has 108 valence electrons. The SMILES string of the molecule is Cc1ccc(/C=C/C(=O)NC(C(=O)O)C(C)(C)C)cc1. The monoisotopic (exact) mass is 275 g/mol. The molecule has 1 amide bonds. The molecule has 20 heavy (non-hydrogen) atoms. The van der Waals surface area contributed by atoms with E-state index in [0.717, 1.165) is 11.1 Å². The lowest BCUT2D eigenvalue weighted by Crippen LogP contribution is -2.48. The van der Waals surface area contributed by atoms with E-state index in [1.165, 1.54) is 6.08 Å². The van der Waals surface area contributed by atoms with Crippen LogP contribution in [0.25, 0.3) is 6.08 Å². The standard InChI is InChI=1S/C16H21NO3/c1-11-5-7-12(8-6-11)9-10-13(18)17-14(15(19)20)16(2,3)4/h5-10,14H,1-4H3,(H,17,18)(H,19,20)/b10-9+. The van der Waals surface area contributed by atoms with Gasteiger partial charge in [0.1, 0.15) is 6.04 Å². The van der Waals surface area contributed by atoms with Gasteiger partial charge >= 0.3 is 5.97 Å². The van der Waals surface area contributed by atoms with E-state index in [0.29, 0.717) is 0 Å². The second-order valence-corrected chi connectivity index (χ2v) is 5.89. The van der Waals surface area contributed by atoms with Gasteiger partial charge < -0.3 is 10.4 Å². The summed E-state index contributed by atoms with van der Waals surface area (Å²) >= 11 is 0. The Hall–Kier alpha value is -2.10. The summed E-state index contributed by atoms with van der Waals surface area (Å²) in [6.07, 6.45) is 3.02. The summed E-state index contributed by atoms with van der Waals surface area (Å²) in [6.45, 7) is 7.31. The minimum absolute atomic E-state index is 0.409. The molecule has 0 spiro atoms. The first-order valence-corrected chi connectivity index (χ1v) is 6.48. The fourth-order valence-electron chi connectivity index (χ4n) is 1.69. The fourth-order valence-corrected chi connectivity index (χ4v) is 1.69. The summed E-state index contributed by atoms with van der Waals surface area (Å²) in [4.78, 5) is 22.9. The highest BCUT2D eigenvalue weighted by molar-refractivity contribution is 5.94. The third-order valence-electron chi connectivity index (χ3n) is 2.90. The maximum absolute atomic E-state index is 11.8. The molecule has 1 rings (SSSR count). The van der Waals surface area contributed by atoms with Gasteiger partial charge in [0.25, 0.3) is 0 Å². The highest BCUT2D eigenvalue weighted by atomic mass is 16.4. The Labute approximate surface area is 119 Å². The Morgan fingerprint density at radius 1 is 1.20 bits per heavy atom. The van der Waals surface area contributed by atoms with Crippen molar-refractivity contribution in [1.82, 2.24) is 5.32 Å². The number of hydrogen-bond donors (Lipinski definition) is 2. The molecule has 0 radical (unpaired) electrons. The molecule has 0 aliphatic heterocycles. The van der Waals surface area contributed by atoms with E-state index in [1.54, 1.807) is 26.8 Å². The first-order chi connectivity index (χ1) is 9.20. The molecule has 1 aromatic carbocycles. The molecule has 0 aliphatic carbocycles. The zero-order valence-electron chi connectivity index (χ0n) is 12.3. The van der Waals surface area contributed by atoms with Crippen molar-refractivity contribution < 1.29 is 14.7 Å². The molecule has 4 heteroatoms. The minimum Gasteiger partial charge on any atom is -0.480 e. The van der Waals surface area contributed by atoms with Crippen LogP contribution in [-0.4, -0.2) is 23.0 Å². The highest BCUT2D eigenvalue weighted by Gasteiger charge is 2.31. The average molecular weight is 275 g/mol. The van der Waals surface area contributed by atoms with Crippen LogP contribution in [0.15, 0.2) is 30.3 Å². The van der Waals surface area contributed by atoms with Crippen LogP contribution < -0.4 is 5.32 Å². The zero-order valence-corrected chi connectivity index (χ0v) is 12.3. The van der Waals surface area contributed by atoms with Crippen LogP contribution in [0.3, 0.4) is 0 Å². The predicted molar refractivity (Wildman–Crippen MR) is 79.2 cm³/mol. The molecule has 1 atom stereocenters. The van der Waals surface area contributed by atoms with Gasteiger partial charge in [0.2, 0.25) is 5.91 Å². The number of amides is 1. The molecule has 0 aromatic heterocycles. The third-order valence-corrected chi connectivity index (χ3v) is 2.90. The normalized spacial score (nSPS) is 13.2. The number of nitrogens with one attached hydrogen (secondary N) is 1. The predicted octanol–water partition coefficient (Wildman–Crippen LogP) is 2.62. The number of rotatable bonds is 4. The molecule has 4 nitrogen and oxygen atoms in total. The van der Waals surface area contributed by atoms with Crippen LogP contribution in [0, 0.1) is 12.3 Å². The van der Waals surface area contributed by atoms with Gasteiger partial charge in [-0.05, 0) is 24.0 Å². The summed E-state index contributed by atoms with van der Waals surface area (Å²) in [7, 11) is 0. The number of carboxylic acids is 1. The van der Waals surface area contributed by atoms with Crippen LogP contribution in [0.5, 0.6) is 0 Å². The average Bonchev–Trinajstić information content (AvgIpc) is 2.33. The van der Waals surface area contributed by atoms with Gasteiger partial charge in [-0.15, -0.1) is 0 Å². The van der Waals surface area contributed by atoms with Crippen molar-refractivity contribution in [2.24, 2.45) is 5.41 Å². The lowest BCUT2D eigenvalue weighted by Gasteiger charge is -2.27. The van der Waals surface area contributed by atoms with Crippen molar-refractivity contribution in [3.8, 4) is 0 Å². The smallest absolute Gasteiger partial charge is 0.326 e. The maximum Gasteiger partial charge on any atom is 0.326 e. The lowest BCUT2D eigenvalue weighted by atomic mass is 9.87. The van der Waals surface area contributed by atoms with Gasteiger partial charge in [-0.1, -0.05) is 50.6 Å². The van der Waals surface area contributed by atoms with Crippen molar-refractivity contribution >= 4 is 18.0 Å². The maximum atomic E-state index is 11.8. The first kappa shape index (κ1) is 16.0. The van der Waals surface area contributed by atoms with Crippen molar-refractivity contribution in [3.05, 3.63) is 41.5 Å². The lowest BCUT2D eigenvalue weighted by molar-refractivity contribution is -0.144. The van der Waals surface area contributed by atoms with Gasteiger partial charge in [-0.3, -0.25) is 4.79 Å². The number of benzene rings is 1. The summed E-state index contributed by atoms with van der Waals surface area (Å²) in [5.41, 5.74) is 1.50. The molecule has 0 fully saturated rings. The van der Waals surface area contributed by atoms with E-state index in [1.807, 2.05) is 31.2 Å². The number of carboxylic acid groups (broad SMARTS) is 1. The third kappa shape index (κ3) is 4.88. The Morgan fingerprint density at radius 2 is 1.75 bits per heavy atom. The van der Waals surface area contributed by atoms with Gasteiger partial charge in [0, 0.05) is 6.08 Å². The Bertz CT molecular complexity index is 510. The quantitative estimate of drug-likeness (QED) is 0.830. The molecule has 2 N–H and O–H groups in total. The van der Waals surface area contributed by atoms with E-state index in [-0.39, 0.29) is 0 Å². The molecule has 1 unspecified atom stereocenters. The molecule has 1 aromatic rings. The second-order valence-electron chi connectivity index (χ2n) is 5.89. The number of aryl methyl sites for hydroxylation is 1. The second kappa shape index (κ2) is 6.37. The molecule has 0 saturated heterocycles. The van der Waals surface area contributed by atoms with Gasteiger partial charge in [0.15, 0.2) is 0 Å². The van der Waals surface area contributed by atoms with E-state index < -0.39 is 23.3 Å². The molecule has 0 bridgehead atoms. The number of carbonyl (C=O) groups excluding carboxylic acids is 1. The van der Waals surface area contributed by atoms with Gasteiger partial charge in [0.05, 0.1) is 0 Å². The minimum atomic E-state index is -1.03. The Morgan fingerprint density at radius 3 is 2.20 bits per heavy atom. The summed E-state index contributed by atoms with van der Waals surface area (Å²) < 4.78 is 0. The summed E-state index contributed by atoms with van der Waals surface area (Å²) in [6, 6.07) is 6.78. The molecule has 0 heterocycles. The van der Waals surface area contributed by atoms with E-state index in [2.05, 4.69) is 5.32 Å². The Balaban J connectivity index is 2.71. The molecular formula is C16H21NO3. The van der Waals surface area contributed by atoms with E-state index in [4.69, 9.17) is 5.11 Å². The largest absolute Gasteiger partial charge is 0.480 e. The van der Waals surface area contributed by atoms with Crippen molar-refractivity contribution in [3.63, 3.8) is 0 Å². The van der Waals surface area contributed by atoms with Crippen LogP contribution in [-0.2, 0) is 9.59 Å². The molecule has 0 saturated carbocycles. The van der Waals surface area contributed by atoms with E-state index >= 15 is 0 Å². The highest BCUT2D eigenvalue weighted by Crippen LogP contribution is 2.19. The van der Waals surface area contributed by atoms with Crippen LogP contribution in [0.4, 0.5) is 0 Å². The van der Waals surface area contributed by atoms with Crippen LogP contribution in [0.2, 0.25) is 0 Å². The van der Waals surface area contributed by atoms with Crippen molar-refractivity contribution in [2.45, 2.75) is 33.7 Å². The first-order valence-electron chi connectivity index (χ1n) is 6.48. The number of aliphatic carboxylic acids is 1. The summed E-state index contributed by atoms with van der Waals surface area (Å²) in [5, 5.41) is 11.6. The number of carbonyl (C=O) groups is 2.